The van der Waals surface area contributed by atoms with Crippen molar-refractivity contribution in [2.75, 3.05) is 19.8 Å². The van der Waals surface area contributed by atoms with Crippen LogP contribution in [0.4, 0.5) is 0 Å². The Balaban J connectivity index is 1.70. The van der Waals surface area contributed by atoms with Gasteiger partial charge in [-0.25, -0.2) is 0 Å². The van der Waals surface area contributed by atoms with Gasteiger partial charge in [0, 0.05) is 24.6 Å². The first kappa shape index (κ1) is 12.2. The summed E-state index contributed by atoms with van der Waals surface area (Å²) >= 11 is 0. The van der Waals surface area contributed by atoms with Crippen LogP contribution in [0.3, 0.4) is 0 Å². The number of hydrogen-bond acceptors (Lipinski definition) is 2. The van der Waals surface area contributed by atoms with Crippen molar-refractivity contribution in [1.82, 2.24) is 5.32 Å². The van der Waals surface area contributed by atoms with Crippen LogP contribution in [0.2, 0.25) is 0 Å². The third kappa shape index (κ3) is 2.45. The van der Waals surface area contributed by atoms with E-state index < -0.39 is 0 Å². The van der Waals surface area contributed by atoms with Crippen molar-refractivity contribution in [1.29, 1.82) is 0 Å². The quantitative estimate of drug-likeness (QED) is 0.880. The van der Waals surface area contributed by atoms with E-state index in [2.05, 4.69) is 35.6 Å². The molecule has 98 valence electrons. The summed E-state index contributed by atoms with van der Waals surface area (Å²) in [5.74, 6) is 0. The van der Waals surface area contributed by atoms with Gasteiger partial charge in [0.15, 0.2) is 0 Å². The Hall–Kier alpha value is -0.860. The summed E-state index contributed by atoms with van der Waals surface area (Å²) in [5.41, 5.74) is 1.90. The first-order chi connectivity index (χ1) is 8.89. The highest BCUT2D eigenvalue weighted by molar-refractivity contribution is 5.27. The number of rotatable bonds is 4. The molecule has 0 spiro atoms. The topological polar surface area (TPSA) is 21.3 Å². The molecule has 2 nitrogen and oxygen atoms in total. The predicted molar refractivity (Wildman–Crippen MR) is 73.8 cm³/mol. The van der Waals surface area contributed by atoms with Gasteiger partial charge in [-0.15, -0.1) is 0 Å². The van der Waals surface area contributed by atoms with Gasteiger partial charge in [-0.1, -0.05) is 43.2 Å². The van der Waals surface area contributed by atoms with Gasteiger partial charge in [0.25, 0.3) is 0 Å². The molecule has 18 heavy (non-hydrogen) atoms. The lowest BCUT2D eigenvalue weighted by atomic mass is 9.78. The SMILES string of the molecule is c1ccc(C2(CN[C@@H]3CCOC3)CCCC2)cc1. The predicted octanol–water partition coefficient (Wildman–Crippen LogP) is 2.88. The minimum atomic E-state index is 0.379. The van der Waals surface area contributed by atoms with E-state index in [1.807, 2.05) is 0 Å². The first-order valence-electron chi connectivity index (χ1n) is 7.26. The van der Waals surface area contributed by atoms with E-state index >= 15 is 0 Å². The van der Waals surface area contributed by atoms with Gasteiger partial charge in [0.05, 0.1) is 6.61 Å². The number of hydrogen-bond donors (Lipinski definition) is 1. The van der Waals surface area contributed by atoms with E-state index in [0.717, 1.165) is 19.8 Å². The van der Waals surface area contributed by atoms with E-state index in [0.29, 0.717) is 11.5 Å². The van der Waals surface area contributed by atoms with Crippen LogP contribution >= 0.6 is 0 Å². The molecule has 1 N–H and O–H groups in total. The van der Waals surface area contributed by atoms with Gasteiger partial charge in [0.1, 0.15) is 0 Å². The molecule has 1 saturated carbocycles. The second-order valence-corrected chi connectivity index (χ2v) is 5.79. The van der Waals surface area contributed by atoms with Crippen LogP contribution in [0, 0.1) is 0 Å². The third-order valence-corrected chi connectivity index (χ3v) is 4.61. The smallest absolute Gasteiger partial charge is 0.0620 e. The van der Waals surface area contributed by atoms with Crippen molar-refractivity contribution < 1.29 is 4.74 Å². The van der Waals surface area contributed by atoms with E-state index in [-0.39, 0.29) is 0 Å². The van der Waals surface area contributed by atoms with Crippen molar-refractivity contribution in [3.63, 3.8) is 0 Å². The van der Waals surface area contributed by atoms with Crippen LogP contribution in [0.5, 0.6) is 0 Å². The Morgan fingerprint density at radius 3 is 2.61 bits per heavy atom. The summed E-state index contributed by atoms with van der Waals surface area (Å²) in [6.45, 7) is 2.94. The minimum Gasteiger partial charge on any atom is -0.380 e. The molecular weight excluding hydrogens is 222 g/mol. The monoisotopic (exact) mass is 245 g/mol. The van der Waals surface area contributed by atoms with Gasteiger partial charge in [-0.05, 0) is 24.8 Å². The average Bonchev–Trinajstić information content (AvgIpc) is 3.10. The molecule has 0 radical (unpaired) electrons. The standard InChI is InChI=1S/C16H23NO/c1-2-6-14(7-3-1)16(9-4-5-10-16)13-17-15-8-11-18-12-15/h1-3,6-7,15,17H,4-5,8-13H2/t15-/m1/s1. The van der Waals surface area contributed by atoms with Gasteiger partial charge >= 0.3 is 0 Å². The Kier molecular flexibility index (Phi) is 3.67. The largest absolute Gasteiger partial charge is 0.380 e. The zero-order valence-corrected chi connectivity index (χ0v) is 11.0. The summed E-state index contributed by atoms with van der Waals surface area (Å²) < 4.78 is 5.45. The second kappa shape index (κ2) is 5.41. The van der Waals surface area contributed by atoms with Crippen molar-refractivity contribution in [2.45, 2.75) is 43.6 Å². The van der Waals surface area contributed by atoms with Crippen LogP contribution in [-0.2, 0) is 10.2 Å². The summed E-state index contributed by atoms with van der Waals surface area (Å²) in [6, 6.07) is 11.6. The highest BCUT2D eigenvalue weighted by Gasteiger charge is 2.35. The van der Waals surface area contributed by atoms with E-state index in [1.54, 1.807) is 0 Å². The van der Waals surface area contributed by atoms with Crippen molar-refractivity contribution in [2.24, 2.45) is 0 Å². The molecular formula is C16H23NO. The summed E-state index contributed by atoms with van der Waals surface area (Å²) in [5, 5.41) is 3.74. The molecule has 1 heterocycles. The molecule has 0 amide bonds. The third-order valence-electron chi connectivity index (χ3n) is 4.61. The van der Waals surface area contributed by atoms with Gasteiger partial charge in [-0.3, -0.25) is 0 Å². The lowest BCUT2D eigenvalue weighted by molar-refractivity contribution is 0.188. The maximum absolute atomic E-state index is 5.45. The molecule has 1 atom stereocenters. The number of ether oxygens (including phenoxy) is 1. The van der Waals surface area contributed by atoms with E-state index in [1.165, 1.54) is 37.7 Å². The van der Waals surface area contributed by atoms with Crippen molar-refractivity contribution >= 4 is 0 Å². The van der Waals surface area contributed by atoms with Crippen LogP contribution in [0.15, 0.2) is 30.3 Å². The molecule has 0 aromatic heterocycles. The molecule has 1 saturated heterocycles. The summed E-state index contributed by atoms with van der Waals surface area (Å²) in [7, 11) is 0. The Bertz CT molecular complexity index is 364. The molecule has 1 aliphatic carbocycles. The maximum atomic E-state index is 5.45. The molecule has 0 bridgehead atoms. The lowest BCUT2D eigenvalue weighted by Crippen LogP contribution is -2.41. The van der Waals surface area contributed by atoms with Gasteiger partial charge in [-0.2, -0.15) is 0 Å². The molecule has 2 fully saturated rings. The summed E-state index contributed by atoms with van der Waals surface area (Å²) in [4.78, 5) is 0. The van der Waals surface area contributed by atoms with Crippen molar-refractivity contribution in [3.8, 4) is 0 Å². The lowest BCUT2D eigenvalue weighted by Gasteiger charge is -2.31. The molecule has 1 aliphatic heterocycles. The highest BCUT2D eigenvalue weighted by atomic mass is 16.5. The van der Waals surface area contributed by atoms with Gasteiger partial charge < -0.3 is 10.1 Å². The minimum absolute atomic E-state index is 0.379. The van der Waals surface area contributed by atoms with Crippen molar-refractivity contribution in [3.05, 3.63) is 35.9 Å². The molecule has 1 aromatic rings. The van der Waals surface area contributed by atoms with Crippen LogP contribution < -0.4 is 5.32 Å². The van der Waals surface area contributed by atoms with Crippen LogP contribution in [0.1, 0.15) is 37.7 Å². The Labute approximate surface area is 110 Å². The molecule has 2 aliphatic rings. The Morgan fingerprint density at radius 2 is 1.94 bits per heavy atom. The van der Waals surface area contributed by atoms with Crippen LogP contribution in [0.25, 0.3) is 0 Å². The molecule has 2 heteroatoms. The second-order valence-electron chi connectivity index (χ2n) is 5.79. The normalized spacial score (nSPS) is 26.6. The highest BCUT2D eigenvalue weighted by Crippen LogP contribution is 2.40. The molecule has 3 rings (SSSR count). The fraction of sp³-hybridized carbons (Fsp3) is 0.625. The first-order valence-corrected chi connectivity index (χ1v) is 7.26. The summed E-state index contributed by atoms with van der Waals surface area (Å²) in [6.07, 6.45) is 6.58. The van der Waals surface area contributed by atoms with Crippen LogP contribution in [-0.4, -0.2) is 25.8 Å². The fourth-order valence-electron chi connectivity index (χ4n) is 3.45. The van der Waals surface area contributed by atoms with E-state index in [9.17, 15) is 0 Å². The number of benzene rings is 1. The zero-order valence-electron chi connectivity index (χ0n) is 11.0. The fourth-order valence-corrected chi connectivity index (χ4v) is 3.45. The Morgan fingerprint density at radius 1 is 1.17 bits per heavy atom. The average molecular weight is 245 g/mol. The maximum Gasteiger partial charge on any atom is 0.0620 e. The zero-order chi connectivity index (χ0) is 12.3. The molecule has 0 unspecified atom stereocenters. The molecule has 1 aromatic carbocycles. The number of nitrogens with one attached hydrogen (secondary N) is 1. The van der Waals surface area contributed by atoms with E-state index in [4.69, 9.17) is 4.74 Å². The van der Waals surface area contributed by atoms with Gasteiger partial charge in [0.2, 0.25) is 0 Å².